The second kappa shape index (κ2) is 6.64. The zero-order valence-electron chi connectivity index (χ0n) is 13.1. The highest BCUT2D eigenvalue weighted by Gasteiger charge is 2.16. The fourth-order valence-electron chi connectivity index (χ4n) is 2.35. The highest BCUT2D eigenvalue weighted by molar-refractivity contribution is 9.10. The van der Waals surface area contributed by atoms with E-state index in [1.165, 1.54) is 30.3 Å². The van der Waals surface area contributed by atoms with Crippen molar-refractivity contribution in [3.8, 4) is 28.7 Å². The zero-order valence-corrected chi connectivity index (χ0v) is 14.7. The van der Waals surface area contributed by atoms with Crippen LogP contribution in [0.1, 0.15) is 0 Å². The van der Waals surface area contributed by atoms with Crippen molar-refractivity contribution in [3.05, 3.63) is 81.3 Å². The Kier molecular flexibility index (Phi) is 4.18. The topological polar surface area (TPSA) is 73.8 Å². The molecule has 6 nitrogen and oxygen atoms in total. The number of nitrogens with zero attached hydrogens (tertiary/aromatic N) is 4. The minimum atomic E-state index is -0.362. The van der Waals surface area contributed by atoms with Crippen molar-refractivity contribution in [2.75, 3.05) is 0 Å². The number of hydrogen-bond acceptors (Lipinski definition) is 5. The van der Waals surface area contributed by atoms with E-state index in [1.807, 2.05) is 24.3 Å². The summed E-state index contributed by atoms with van der Waals surface area (Å²) in [5.74, 6) is -0.114. The molecule has 0 spiro atoms. The highest BCUT2D eigenvalue weighted by atomic mass is 79.9. The normalized spacial score (nSPS) is 10.8. The van der Waals surface area contributed by atoms with E-state index in [9.17, 15) is 9.18 Å². The first-order valence-corrected chi connectivity index (χ1v) is 8.35. The van der Waals surface area contributed by atoms with Crippen LogP contribution < -0.4 is 5.43 Å². The number of benzene rings is 2. The maximum Gasteiger partial charge on any atom is 0.282 e. The van der Waals surface area contributed by atoms with Crippen molar-refractivity contribution in [1.29, 1.82) is 0 Å². The molecule has 2 aromatic heterocycles. The lowest BCUT2D eigenvalue weighted by Crippen LogP contribution is -2.12. The van der Waals surface area contributed by atoms with Gasteiger partial charge in [0, 0.05) is 22.3 Å². The van der Waals surface area contributed by atoms with E-state index in [1.54, 1.807) is 10.9 Å². The molecule has 128 valence electrons. The molecule has 0 N–H and O–H groups in total. The zero-order chi connectivity index (χ0) is 18.1. The lowest BCUT2D eigenvalue weighted by molar-refractivity contribution is 0.429. The molecule has 26 heavy (non-hydrogen) atoms. The molecule has 4 rings (SSSR count). The highest BCUT2D eigenvalue weighted by Crippen LogP contribution is 2.20. The van der Waals surface area contributed by atoms with Crippen LogP contribution in [-0.4, -0.2) is 19.9 Å². The van der Waals surface area contributed by atoms with E-state index in [0.717, 1.165) is 10.2 Å². The molecule has 0 saturated carbocycles. The third-order valence-electron chi connectivity index (χ3n) is 3.61. The van der Waals surface area contributed by atoms with E-state index >= 15 is 0 Å². The molecular formula is C18H10BrFN4O2. The van der Waals surface area contributed by atoms with Crippen molar-refractivity contribution < 1.29 is 8.91 Å². The molecule has 0 atom stereocenters. The van der Waals surface area contributed by atoms with Gasteiger partial charge in [-0.2, -0.15) is 10.1 Å². The van der Waals surface area contributed by atoms with Crippen LogP contribution in [-0.2, 0) is 0 Å². The molecule has 0 unspecified atom stereocenters. The Labute approximate surface area is 155 Å². The van der Waals surface area contributed by atoms with E-state index in [0.29, 0.717) is 5.56 Å². The van der Waals surface area contributed by atoms with Crippen molar-refractivity contribution >= 4 is 15.9 Å². The lowest BCUT2D eigenvalue weighted by Gasteiger charge is -2.06. The minimum absolute atomic E-state index is 0.00123. The van der Waals surface area contributed by atoms with Crippen LogP contribution in [0.15, 0.2) is 74.6 Å². The summed E-state index contributed by atoms with van der Waals surface area (Å²) in [6.45, 7) is 0. The second-order valence-corrected chi connectivity index (χ2v) is 6.30. The Morgan fingerprint density at radius 1 is 1.08 bits per heavy atom. The maximum atomic E-state index is 13.0. The van der Waals surface area contributed by atoms with Crippen LogP contribution in [0, 0.1) is 5.82 Å². The molecule has 0 bridgehead atoms. The third-order valence-corrected chi connectivity index (χ3v) is 4.11. The number of hydrogen-bond donors (Lipinski definition) is 0. The van der Waals surface area contributed by atoms with Gasteiger partial charge in [-0.1, -0.05) is 27.2 Å². The molecule has 0 radical (unpaired) electrons. The predicted octanol–water partition coefficient (Wildman–Crippen LogP) is 3.85. The van der Waals surface area contributed by atoms with Gasteiger partial charge < -0.3 is 4.52 Å². The second-order valence-electron chi connectivity index (χ2n) is 5.38. The maximum absolute atomic E-state index is 13.0. The van der Waals surface area contributed by atoms with E-state index in [-0.39, 0.29) is 28.7 Å². The van der Waals surface area contributed by atoms with Crippen LogP contribution >= 0.6 is 15.9 Å². The number of rotatable bonds is 3. The van der Waals surface area contributed by atoms with Crippen molar-refractivity contribution in [2.24, 2.45) is 0 Å². The van der Waals surface area contributed by atoms with Crippen molar-refractivity contribution in [2.45, 2.75) is 0 Å². The van der Waals surface area contributed by atoms with Gasteiger partial charge in [0.05, 0.1) is 5.69 Å². The number of aromatic nitrogens is 4. The fraction of sp³-hybridized carbons (Fsp3) is 0. The first-order valence-electron chi connectivity index (χ1n) is 7.56. The van der Waals surface area contributed by atoms with Gasteiger partial charge >= 0.3 is 0 Å². The molecule has 0 aliphatic carbocycles. The summed E-state index contributed by atoms with van der Waals surface area (Å²) >= 11 is 3.40. The third kappa shape index (κ3) is 3.18. The summed E-state index contributed by atoms with van der Waals surface area (Å²) in [6, 6.07) is 14.5. The van der Waals surface area contributed by atoms with E-state index < -0.39 is 0 Å². The smallest absolute Gasteiger partial charge is 0.282 e. The first-order chi connectivity index (χ1) is 12.6. The molecule has 8 heteroatoms. The molecule has 4 aromatic rings. The number of halogens is 2. The minimum Gasteiger partial charge on any atom is -0.332 e. The van der Waals surface area contributed by atoms with Gasteiger partial charge in [0.25, 0.3) is 5.89 Å². The van der Waals surface area contributed by atoms with Gasteiger partial charge in [0.2, 0.25) is 11.3 Å². The molecule has 0 saturated heterocycles. The lowest BCUT2D eigenvalue weighted by atomic mass is 10.2. The first kappa shape index (κ1) is 16.3. The summed E-state index contributed by atoms with van der Waals surface area (Å²) in [4.78, 5) is 16.4. The van der Waals surface area contributed by atoms with E-state index in [2.05, 4.69) is 31.2 Å². The Morgan fingerprint density at radius 2 is 1.88 bits per heavy atom. The van der Waals surface area contributed by atoms with Gasteiger partial charge in [-0.15, -0.1) is 0 Å². The van der Waals surface area contributed by atoms with Gasteiger partial charge in [-0.05, 0) is 42.5 Å². The van der Waals surface area contributed by atoms with Crippen LogP contribution in [0.4, 0.5) is 4.39 Å². The van der Waals surface area contributed by atoms with Gasteiger partial charge in [-0.25, -0.2) is 9.07 Å². The molecule has 2 heterocycles. The van der Waals surface area contributed by atoms with Gasteiger partial charge in [0.15, 0.2) is 5.69 Å². The SMILES string of the molecule is O=c1ccn(-c2cccc(Br)c2)nc1-c1nc(-c2ccc(F)cc2)no1. The predicted molar refractivity (Wildman–Crippen MR) is 96.2 cm³/mol. The van der Waals surface area contributed by atoms with Crippen LogP contribution in [0.3, 0.4) is 0 Å². The average molecular weight is 413 g/mol. The quantitative estimate of drug-likeness (QED) is 0.510. The Hall–Kier alpha value is -3.13. The Bertz CT molecular complexity index is 1140. The van der Waals surface area contributed by atoms with Crippen LogP contribution in [0.2, 0.25) is 0 Å². The van der Waals surface area contributed by atoms with Gasteiger partial charge in [0.1, 0.15) is 5.82 Å². The molecule has 0 fully saturated rings. The molecule has 0 amide bonds. The molecule has 2 aromatic carbocycles. The van der Waals surface area contributed by atoms with Crippen LogP contribution in [0.25, 0.3) is 28.7 Å². The standard InChI is InChI=1S/C18H10BrFN4O2/c19-12-2-1-3-14(10-12)24-9-8-15(25)16(22-24)18-21-17(23-26-18)11-4-6-13(20)7-5-11/h1-10H. The summed E-state index contributed by atoms with van der Waals surface area (Å²) in [5, 5.41) is 8.15. The summed E-state index contributed by atoms with van der Waals surface area (Å²) in [6.07, 6.45) is 1.56. The van der Waals surface area contributed by atoms with E-state index in [4.69, 9.17) is 4.52 Å². The molecule has 0 aliphatic heterocycles. The largest absolute Gasteiger partial charge is 0.332 e. The van der Waals surface area contributed by atoms with Crippen LogP contribution in [0.5, 0.6) is 0 Å². The Morgan fingerprint density at radius 3 is 2.65 bits per heavy atom. The van der Waals surface area contributed by atoms with Crippen molar-refractivity contribution in [3.63, 3.8) is 0 Å². The fourth-order valence-corrected chi connectivity index (χ4v) is 2.74. The van der Waals surface area contributed by atoms with Gasteiger partial charge in [-0.3, -0.25) is 4.79 Å². The molecule has 0 aliphatic rings. The van der Waals surface area contributed by atoms with Crippen molar-refractivity contribution in [1.82, 2.24) is 19.9 Å². The molecular weight excluding hydrogens is 403 g/mol. The summed E-state index contributed by atoms with van der Waals surface area (Å²) < 4.78 is 20.7. The average Bonchev–Trinajstić information content (AvgIpc) is 3.12. The summed E-state index contributed by atoms with van der Waals surface area (Å²) in [5.41, 5.74) is 1.03. The Balaban J connectivity index is 1.75. The monoisotopic (exact) mass is 412 g/mol. The summed E-state index contributed by atoms with van der Waals surface area (Å²) in [7, 11) is 0.